The summed E-state index contributed by atoms with van der Waals surface area (Å²) in [6.45, 7) is 0. The number of hydrogen-bond acceptors (Lipinski definition) is 4. The minimum atomic E-state index is -0.619. The predicted molar refractivity (Wildman–Crippen MR) is 90.9 cm³/mol. The topological polar surface area (TPSA) is 71.1 Å². The number of halogens is 1. The van der Waals surface area contributed by atoms with Crippen LogP contribution in [0.15, 0.2) is 60.1 Å². The molecule has 0 aliphatic rings. The van der Waals surface area contributed by atoms with Crippen molar-refractivity contribution in [1.29, 1.82) is 0 Å². The van der Waals surface area contributed by atoms with E-state index in [1.807, 2.05) is 5.38 Å². The number of hydrogen-bond donors (Lipinski definition) is 2. The quantitative estimate of drug-likeness (QED) is 0.709. The van der Waals surface area contributed by atoms with Crippen LogP contribution < -0.4 is 10.6 Å². The minimum Gasteiger partial charge on any atom is -0.321 e. The number of benzene rings is 1. The fraction of sp³-hybridized carbons (Fsp3) is 0. The van der Waals surface area contributed by atoms with Crippen LogP contribution in [0.4, 0.5) is 15.8 Å². The molecule has 0 saturated heterocycles. The van der Waals surface area contributed by atoms with E-state index in [1.54, 1.807) is 36.4 Å². The number of thiophene rings is 1. The number of aromatic nitrogens is 1. The molecule has 1 aromatic carbocycles. The first-order valence-electron chi connectivity index (χ1n) is 6.99. The van der Waals surface area contributed by atoms with E-state index in [0.29, 0.717) is 21.8 Å². The highest BCUT2D eigenvalue weighted by molar-refractivity contribution is 7.12. The molecule has 3 rings (SSSR count). The normalized spacial score (nSPS) is 10.2. The lowest BCUT2D eigenvalue weighted by atomic mass is 10.2. The van der Waals surface area contributed by atoms with Crippen molar-refractivity contribution < 1.29 is 14.0 Å². The highest BCUT2D eigenvalue weighted by Gasteiger charge is 2.10. The summed E-state index contributed by atoms with van der Waals surface area (Å²) in [6.07, 6.45) is 1.23. The zero-order valence-corrected chi connectivity index (χ0v) is 13.1. The third-order valence-corrected chi connectivity index (χ3v) is 3.98. The largest absolute Gasteiger partial charge is 0.321 e. The van der Waals surface area contributed by atoms with Crippen LogP contribution in [0.1, 0.15) is 20.0 Å². The Hall–Kier alpha value is -3.06. The van der Waals surface area contributed by atoms with Crippen molar-refractivity contribution >= 4 is 34.5 Å². The van der Waals surface area contributed by atoms with Crippen molar-refractivity contribution in [2.45, 2.75) is 0 Å². The van der Waals surface area contributed by atoms with Crippen molar-refractivity contribution in [2.75, 3.05) is 10.6 Å². The van der Waals surface area contributed by atoms with Gasteiger partial charge in [-0.15, -0.1) is 11.3 Å². The molecular formula is C17H12FN3O2S. The smallest absolute Gasteiger partial charge is 0.265 e. The van der Waals surface area contributed by atoms with Gasteiger partial charge in [-0.2, -0.15) is 4.39 Å². The van der Waals surface area contributed by atoms with Crippen LogP contribution in [0.25, 0.3) is 0 Å². The molecule has 0 unspecified atom stereocenters. The van der Waals surface area contributed by atoms with Crippen LogP contribution in [0.3, 0.4) is 0 Å². The van der Waals surface area contributed by atoms with Crippen molar-refractivity contribution in [1.82, 2.24) is 4.98 Å². The van der Waals surface area contributed by atoms with Crippen LogP contribution in [0.2, 0.25) is 0 Å². The average Bonchev–Trinajstić information content (AvgIpc) is 3.12. The fourth-order valence-corrected chi connectivity index (χ4v) is 2.61. The Labute approximate surface area is 141 Å². The first kappa shape index (κ1) is 15.8. The fourth-order valence-electron chi connectivity index (χ4n) is 1.99. The Bertz CT molecular complexity index is 864. The zero-order valence-electron chi connectivity index (χ0n) is 12.3. The van der Waals surface area contributed by atoms with Gasteiger partial charge in [0.05, 0.1) is 16.8 Å². The summed E-state index contributed by atoms with van der Waals surface area (Å²) in [5.41, 5.74) is 1.26. The monoisotopic (exact) mass is 341 g/mol. The highest BCUT2D eigenvalue weighted by atomic mass is 32.1. The molecule has 2 N–H and O–H groups in total. The molecule has 2 amide bonds. The van der Waals surface area contributed by atoms with E-state index in [2.05, 4.69) is 15.6 Å². The maximum Gasteiger partial charge on any atom is 0.265 e. The molecule has 7 heteroatoms. The van der Waals surface area contributed by atoms with Crippen LogP contribution >= 0.6 is 11.3 Å². The van der Waals surface area contributed by atoms with Gasteiger partial charge in [-0.3, -0.25) is 9.59 Å². The number of pyridine rings is 1. The van der Waals surface area contributed by atoms with Crippen molar-refractivity contribution in [3.05, 3.63) is 76.5 Å². The second-order valence-corrected chi connectivity index (χ2v) is 5.78. The van der Waals surface area contributed by atoms with Gasteiger partial charge in [0.2, 0.25) is 5.95 Å². The van der Waals surface area contributed by atoms with Gasteiger partial charge in [0.25, 0.3) is 11.8 Å². The van der Waals surface area contributed by atoms with Gasteiger partial charge in [-0.05, 0) is 41.8 Å². The molecule has 0 spiro atoms. The summed E-state index contributed by atoms with van der Waals surface area (Å²) < 4.78 is 12.8. The van der Waals surface area contributed by atoms with E-state index in [9.17, 15) is 14.0 Å². The van der Waals surface area contributed by atoms with Crippen LogP contribution in [-0.4, -0.2) is 16.8 Å². The molecular weight excluding hydrogens is 329 g/mol. The second kappa shape index (κ2) is 7.01. The van der Waals surface area contributed by atoms with E-state index in [0.717, 1.165) is 6.07 Å². The van der Waals surface area contributed by atoms with Crippen LogP contribution in [0.5, 0.6) is 0 Å². The zero-order chi connectivity index (χ0) is 16.9. The summed E-state index contributed by atoms with van der Waals surface area (Å²) in [7, 11) is 0. The van der Waals surface area contributed by atoms with Crippen molar-refractivity contribution in [2.24, 2.45) is 0 Å². The predicted octanol–water partition coefficient (Wildman–Crippen LogP) is 3.79. The Kier molecular flexibility index (Phi) is 4.62. The average molecular weight is 341 g/mol. The first-order chi connectivity index (χ1) is 11.6. The molecule has 0 aliphatic heterocycles. The van der Waals surface area contributed by atoms with Gasteiger partial charge in [0.1, 0.15) is 0 Å². The summed E-state index contributed by atoms with van der Waals surface area (Å²) >= 11 is 1.33. The molecule has 0 radical (unpaired) electrons. The lowest BCUT2D eigenvalue weighted by molar-refractivity contribution is 0.101. The van der Waals surface area contributed by atoms with Gasteiger partial charge in [-0.1, -0.05) is 12.1 Å². The first-order valence-corrected chi connectivity index (χ1v) is 7.87. The molecule has 0 aliphatic carbocycles. The SMILES string of the molecule is O=C(Nc1ccc(F)nc1)c1cccc(NC(=O)c2cccs2)c1. The van der Waals surface area contributed by atoms with Crippen LogP contribution in [0, 0.1) is 5.95 Å². The summed E-state index contributed by atoms with van der Waals surface area (Å²) in [4.78, 5) is 28.3. The number of nitrogens with zero attached hydrogens (tertiary/aromatic N) is 1. The maximum absolute atomic E-state index is 12.8. The van der Waals surface area contributed by atoms with E-state index in [4.69, 9.17) is 0 Å². The Morgan fingerprint density at radius 3 is 2.50 bits per heavy atom. The molecule has 24 heavy (non-hydrogen) atoms. The standard InChI is InChI=1S/C17H12FN3O2S/c18-15-7-6-13(10-19-15)21-16(22)11-3-1-4-12(9-11)20-17(23)14-5-2-8-24-14/h1-10H,(H,20,23)(H,21,22). The molecule has 3 aromatic rings. The molecule has 0 atom stereocenters. The van der Waals surface area contributed by atoms with Gasteiger partial charge < -0.3 is 10.6 Å². The lowest BCUT2D eigenvalue weighted by Crippen LogP contribution is -2.14. The number of carbonyl (C=O) groups is 2. The van der Waals surface area contributed by atoms with Gasteiger partial charge >= 0.3 is 0 Å². The summed E-state index contributed by atoms with van der Waals surface area (Å²) in [6, 6.07) is 12.6. The third kappa shape index (κ3) is 3.82. The van der Waals surface area contributed by atoms with Crippen molar-refractivity contribution in [3.63, 3.8) is 0 Å². The summed E-state index contributed by atoms with van der Waals surface area (Å²) in [5, 5.41) is 7.17. The van der Waals surface area contributed by atoms with Gasteiger partial charge in [0, 0.05) is 11.3 Å². The molecule has 120 valence electrons. The highest BCUT2D eigenvalue weighted by Crippen LogP contribution is 2.16. The number of carbonyl (C=O) groups excluding carboxylic acids is 2. The molecule has 5 nitrogen and oxygen atoms in total. The maximum atomic E-state index is 12.8. The number of rotatable bonds is 4. The number of nitrogens with one attached hydrogen (secondary N) is 2. The molecule has 2 heterocycles. The van der Waals surface area contributed by atoms with Crippen molar-refractivity contribution in [3.8, 4) is 0 Å². The molecule has 0 fully saturated rings. The number of anilines is 2. The Morgan fingerprint density at radius 2 is 1.79 bits per heavy atom. The van der Waals surface area contributed by atoms with E-state index in [1.165, 1.54) is 23.6 Å². The minimum absolute atomic E-state index is 0.231. The van der Waals surface area contributed by atoms with Crippen LogP contribution in [-0.2, 0) is 0 Å². The summed E-state index contributed by atoms with van der Waals surface area (Å²) in [5.74, 6) is -1.23. The molecule has 2 aromatic heterocycles. The lowest BCUT2D eigenvalue weighted by Gasteiger charge is -2.08. The molecule has 0 saturated carbocycles. The van der Waals surface area contributed by atoms with E-state index in [-0.39, 0.29) is 11.8 Å². The van der Waals surface area contributed by atoms with Gasteiger partial charge in [-0.25, -0.2) is 4.98 Å². The Morgan fingerprint density at radius 1 is 0.958 bits per heavy atom. The van der Waals surface area contributed by atoms with E-state index >= 15 is 0 Å². The number of amides is 2. The second-order valence-electron chi connectivity index (χ2n) is 4.84. The molecule has 0 bridgehead atoms. The van der Waals surface area contributed by atoms with Gasteiger partial charge in [0.15, 0.2) is 0 Å². The van der Waals surface area contributed by atoms with E-state index < -0.39 is 5.95 Å². The third-order valence-electron chi connectivity index (χ3n) is 3.11. The Balaban J connectivity index is 1.71.